The van der Waals surface area contributed by atoms with E-state index in [1.165, 1.54) is 6.26 Å². The minimum atomic E-state index is -0.196. The molecule has 160 valence electrons. The average Bonchev–Trinajstić information content (AvgIpc) is 3.44. The minimum absolute atomic E-state index is 0.196. The Hall–Kier alpha value is -3.25. The van der Waals surface area contributed by atoms with Crippen molar-refractivity contribution in [2.45, 2.75) is 25.8 Å². The van der Waals surface area contributed by atoms with Gasteiger partial charge in [-0.05, 0) is 61.4 Å². The van der Waals surface area contributed by atoms with Gasteiger partial charge in [-0.2, -0.15) is 0 Å². The lowest BCUT2D eigenvalue weighted by Crippen LogP contribution is -2.24. The van der Waals surface area contributed by atoms with E-state index in [1.54, 1.807) is 12.1 Å². The van der Waals surface area contributed by atoms with E-state index in [2.05, 4.69) is 16.0 Å². The maximum absolute atomic E-state index is 12.0. The fraction of sp³-hybridized carbons (Fsp3) is 0.250. The van der Waals surface area contributed by atoms with Gasteiger partial charge in [0, 0.05) is 24.5 Å². The van der Waals surface area contributed by atoms with E-state index < -0.39 is 0 Å². The highest BCUT2D eigenvalue weighted by molar-refractivity contribution is 6.30. The van der Waals surface area contributed by atoms with Gasteiger partial charge in [-0.3, -0.25) is 4.79 Å². The second-order valence-electron chi connectivity index (χ2n) is 7.16. The van der Waals surface area contributed by atoms with Gasteiger partial charge in [0.1, 0.15) is 11.6 Å². The molecule has 0 atom stereocenters. The molecular weight excluding hydrogens is 414 g/mol. The molecular formula is C24H24ClN3O3. The summed E-state index contributed by atoms with van der Waals surface area (Å²) in [6.07, 6.45) is 3.90. The number of aromatic nitrogens is 2. The number of amides is 1. The first-order valence-electron chi connectivity index (χ1n) is 10.3. The monoisotopic (exact) mass is 437 g/mol. The highest BCUT2D eigenvalue weighted by atomic mass is 35.5. The first kappa shape index (κ1) is 21.0. The van der Waals surface area contributed by atoms with Gasteiger partial charge < -0.3 is 19.0 Å². The number of nitrogens with one attached hydrogen (secondary N) is 1. The summed E-state index contributed by atoms with van der Waals surface area (Å²) < 4.78 is 13.2. The quantitative estimate of drug-likeness (QED) is 0.350. The number of aryl methyl sites for hydroxylation is 2. The van der Waals surface area contributed by atoms with Gasteiger partial charge in [0.05, 0.1) is 23.9 Å². The molecule has 1 amide bonds. The zero-order valence-corrected chi connectivity index (χ0v) is 17.8. The molecule has 1 N–H and O–H groups in total. The lowest BCUT2D eigenvalue weighted by Gasteiger charge is -2.11. The van der Waals surface area contributed by atoms with Crippen LogP contribution in [0.4, 0.5) is 0 Å². The number of benzene rings is 2. The summed E-state index contributed by atoms with van der Waals surface area (Å²) in [6, 6.07) is 18.9. The first-order chi connectivity index (χ1) is 15.2. The molecule has 2 aromatic carbocycles. The van der Waals surface area contributed by atoms with Crippen LogP contribution < -0.4 is 10.1 Å². The van der Waals surface area contributed by atoms with Crippen LogP contribution in [0.5, 0.6) is 5.75 Å². The molecule has 0 saturated heterocycles. The van der Waals surface area contributed by atoms with Crippen molar-refractivity contribution in [2.24, 2.45) is 0 Å². The summed E-state index contributed by atoms with van der Waals surface area (Å²) >= 11 is 5.92. The van der Waals surface area contributed by atoms with Gasteiger partial charge in [-0.1, -0.05) is 23.7 Å². The minimum Gasteiger partial charge on any atom is -0.494 e. The summed E-state index contributed by atoms with van der Waals surface area (Å²) in [5.74, 6) is 1.96. The smallest absolute Gasteiger partial charge is 0.286 e. The Labute approximate surface area is 185 Å². The van der Waals surface area contributed by atoms with Crippen molar-refractivity contribution in [1.82, 2.24) is 14.9 Å². The van der Waals surface area contributed by atoms with Crippen LogP contribution in [0.3, 0.4) is 0 Å². The number of imidazole rings is 1. The predicted octanol–water partition coefficient (Wildman–Crippen LogP) is 5.11. The number of hydrogen-bond acceptors (Lipinski definition) is 4. The molecule has 0 radical (unpaired) electrons. The van der Waals surface area contributed by atoms with Crippen molar-refractivity contribution in [2.75, 3.05) is 13.2 Å². The van der Waals surface area contributed by atoms with Gasteiger partial charge in [0.2, 0.25) is 0 Å². The Bertz CT molecular complexity index is 1120. The molecule has 0 bridgehead atoms. The number of carbonyl (C=O) groups is 1. The van der Waals surface area contributed by atoms with E-state index in [1.807, 2.05) is 42.5 Å². The third kappa shape index (κ3) is 5.47. The highest BCUT2D eigenvalue weighted by Gasteiger charge is 2.11. The molecule has 7 heteroatoms. The molecule has 4 rings (SSSR count). The SMILES string of the molecule is O=C(NCCCc1nc2ccccc2n1CCCOc1ccc(Cl)cc1)c1ccco1. The van der Waals surface area contributed by atoms with Crippen LogP contribution in [0.25, 0.3) is 11.0 Å². The van der Waals surface area contributed by atoms with Crippen LogP contribution in [-0.2, 0) is 13.0 Å². The van der Waals surface area contributed by atoms with Gasteiger partial charge in [0.25, 0.3) is 5.91 Å². The molecule has 0 aliphatic carbocycles. The second-order valence-corrected chi connectivity index (χ2v) is 7.60. The van der Waals surface area contributed by atoms with E-state index in [0.29, 0.717) is 23.9 Å². The van der Waals surface area contributed by atoms with Gasteiger partial charge in [-0.25, -0.2) is 4.98 Å². The van der Waals surface area contributed by atoms with E-state index >= 15 is 0 Å². The van der Waals surface area contributed by atoms with Crippen molar-refractivity contribution in [3.05, 3.63) is 83.5 Å². The third-order valence-corrected chi connectivity index (χ3v) is 5.20. The van der Waals surface area contributed by atoms with Gasteiger partial charge in [0.15, 0.2) is 5.76 Å². The fourth-order valence-electron chi connectivity index (χ4n) is 3.45. The number of halogens is 1. The summed E-state index contributed by atoms with van der Waals surface area (Å²) in [5, 5.41) is 3.58. The molecule has 0 spiro atoms. The Morgan fingerprint density at radius 3 is 2.71 bits per heavy atom. The molecule has 0 unspecified atom stereocenters. The third-order valence-electron chi connectivity index (χ3n) is 4.95. The number of carbonyl (C=O) groups excluding carboxylic acids is 1. The number of hydrogen-bond donors (Lipinski definition) is 1. The van der Waals surface area contributed by atoms with Crippen LogP contribution in [0.15, 0.2) is 71.3 Å². The normalized spacial score (nSPS) is 11.0. The van der Waals surface area contributed by atoms with Crippen LogP contribution >= 0.6 is 11.6 Å². The van der Waals surface area contributed by atoms with Crippen molar-refractivity contribution in [1.29, 1.82) is 0 Å². The van der Waals surface area contributed by atoms with E-state index in [0.717, 1.165) is 48.4 Å². The highest BCUT2D eigenvalue weighted by Crippen LogP contribution is 2.19. The second kappa shape index (κ2) is 10.2. The molecule has 0 aliphatic rings. The number of furan rings is 1. The van der Waals surface area contributed by atoms with Crippen LogP contribution in [0.2, 0.25) is 5.02 Å². The van der Waals surface area contributed by atoms with Crippen LogP contribution in [-0.4, -0.2) is 28.6 Å². The first-order valence-corrected chi connectivity index (χ1v) is 10.7. The number of ether oxygens (including phenoxy) is 1. The fourth-order valence-corrected chi connectivity index (χ4v) is 3.58. The van der Waals surface area contributed by atoms with Gasteiger partial charge >= 0.3 is 0 Å². The largest absolute Gasteiger partial charge is 0.494 e. The van der Waals surface area contributed by atoms with Gasteiger partial charge in [-0.15, -0.1) is 0 Å². The lowest BCUT2D eigenvalue weighted by atomic mass is 10.2. The molecule has 0 fully saturated rings. The Morgan fingerprint density at radius 2 is 1.90 bits per heavy atom. The lowest BCUT2D eigenvalue weighted by molar-refractivity contribution is 0.0925. The zero-order valence-electron chi connectivity index (χ0n) is 17.1. The Kier molecular flexibility index (Phi) is 6.89. The summed E-state index contributed by atoms with van der Waals surface area (Å²) in [4.78, 5) is 16.8. The maximum atomic E-state index is 12.0. The molecule has 6 nitrogen and oxygen atoms in total. The zero-order chi connectivity index (χ0) is 21.5. The van der Waals surface area contributed by atoms with Crippen molar-refractivity contribution >= 4 is 28.5 Å². The number of rotatable bonds is 10. The molecule has 4 aromatic rings. The van der Waals surface area contributed by atoms with Crippen LogP contribution in [0, 0.1) is 0 Å². The number of nitrogens with zero attached hydrogens (tertiary/aromatic N) is 2. The van der Waals surface area contributed by atoms with Crippen molar-refractivity contribution in [3.63, 3.8) is 0 Å². The standard InChI is InChI=1S/C24H24ClN3O3/c25-18-10-12-19(13-11-18)30-17-5-15-28-21-7-2-1-6-20(21)27-23(28)9-3-14-26-24(29)22-8-4-16-31-22/h1-2,4,6-8,10-13,16H,3,5,9,14-15,17H2,(H,26,29). The molecule has 0 aliphatic heterocycles. The number of fused-ring (bicyclic) bond motifs is 1. The van der Waals surface area contributed by atoms with Crippen molar-refractivity contribution in [3.8, 4) is 5.75 Å². The molecule has 31 heavy (non-hydrogen) atoms. The summed E-state index contributed by atoms with van der Waals surface area (Å²) in [6.45, 7) is 1.97. The summed E-state index contributed by atoms with van der Waals surface area (Å²) in [5.41, 5.74) is 2.10. The molecule has 0 saturated carbocycles. The maximum Gasteiger partial charge on any atom is 0.286 e. The average molecular weight is 438 g/mol. The summed E-state index contributed by atoms with van der Waals surface area (Å²) in [7, 11) is 0. The topological polar surface area (TPSA) is 69.3 Å². The Morgan fingerprint density at radius 1 is 1.06 bits per heavy atom. The van der Waals surface area contributed by atoms with E-state index in [4.69, 9.17) is 25.7 Å². The van der Waals surface area contributed by atoms with Crippen molar-refractivity contribution < 1.29 is 13.9 Å². The van der Waals surface area contributed by atoms with E-state index in [9.17, 15) is 4.79 Å². The Balaban J connectivity index is 1.32. The van der Waals surface area contributed by atoms with E-state index in [-0.39, 0.29) is 5.91 Å². The number of para-hydroxylation sites is 2. The molecule has 2 heterocycles. The predicted molar refractivity (Wildman–Crippen MR) is 121 cm³/mol. The van der Waals surface area contributed by atoms with Crippen LogP contribution in [0.1, 0.15) is 29.2 Å². The molecule has 2 aromatic heterocycles.